The molecule has 2 nitrogen and oxygen atoms in total. The van der Waals surface area contributed by atoms with Crippen molar-refractivity contribution in [2.75, 3.05) is 6.61 Å². The van der Waals surface area contributed by atoms with E-state index in [4.69, 9.17) is 4.74 Å². The second-order valence-electron chi connectivity index (χ2n) is 3.11. The van der Waals surface area contributed by atoms with E-state index in [1.54, 1.807) is 6.08 Å². The summed E-state index contributed by atoms with van der Waals surface area (Å²) < 4.78 is 5.10. The highest BCUT2D eigenvalue weighted by Crippen LogP contribution is 2.07. The fraction of sp³-hybridized carbons (Fsp3) is 0.231. The van der Waals surface area contributed by atoms with E-state index in [0.29, 0.717) is 12.4 Å². The van der Waals surface area contributed by atoms with E-state index in [-0.39, 0.29) is 0 Å². The molecule has 0 saturated carbocycles. The number of rotatable bonds is 5. The largest absolute Gasteiger partial charge is 0.496 e. The predicted molar refractivity (Wildman–Crippen MR) is 62.2 cm³/mol. The van der Waals surface area contributed by atoms with Crippen LogP contribution in [0.15, 0.2) is 48.7 Å². The molecule has 1 aromatic carbocycles. The maximum Gasteiger partial charge on any atom is 0.129 e. The van der Waals surface area contributed by atoms with Crippen molar-refractivity contribution in [3.05, 3.63) is 54.3 Å². The van der Waals surface area contributed by atoms with Gasteiger partial charge in [0, 0.05) is 0 Å². The van der Waals surface area contributed by atoms with Crippen molar-refractivity contribution in [3.8, 4) is 0 Å². The molecule has 0 aliphatic heterocycles. The van der Waals surface area contributed by atoms with Crippen LogP contribution >= 0.6 is 0 Å². The van der Waals surface area contributed by atoms with Gasteiger partial charge in [-0.15, -0.1) is 0 Å². The summed E-state index contributed by atoms with van der Waals surface area (Å²) >= 11 is 0. The molecule has 0 amide bonds. The van der Waals surface area contributed by atoms with E-state index >= 15 is 0 Å². The van der Waals surface area contributed by atoms with Gasteiger partial charge in [-0.05, 0) is 18.6 Å². The lowest BCUT2D eigenvalue weighted by molar-refractivity contribution is 0.137. The third-order valence-corrected chi connectivity index (χ3v) is 1.93. The van der Waals surface area contributed by atoms with Crippen LogP contribution < -0.4 is 0 Å². The molecule has 1 unspecified atom stereocenters. The van der Waals surface area contributed by atoms with Gasteiger partial charge in [0.2, 0.25) is 0 Å². The Morgan fingerprint density at radius 2 is 2.13 bits per heavy atom. The number of aliphatic hydroxyl groups is 1. The minimum atomic E-state index is -0.745. The van der Waals surface area contributed by atoms with Crippen LogP contribution in [0.3, 0.4) is 0 Å². The van der Waals surface area contributed by atoms with Crippen molar-refractivity contribution in [1.29, 1.82) is 0 Å². The number of hydrogen-bond donors (Lipinski definition) is 1. The SMILES string of the molecule is C=C(OCC)C(O)C=Cc1ccccc1. The summed E-state index contributed by atoms with van der Waals surface area (Å²) in [5.41, 5.74) is 1.04. The Bertz CT molecular complexity index is 328. The van der Waals surface area contributed by atoms with Gasteiger partial charge in [0.25, 0.3) is 0 Å². The molecule has 1 aromatic rings. The molecule has 0 bridgehead atoms. The molecule has 0 radical (unpaired) electrons. The van der Waals surface area contributed by atoms with E-state index in [9.17, 15) is 5.11 Å². The van der Waals surface area contributed by atoms with Crippen molar-refractivity contribution in [3.63, 3.8) is 0 Å². The first-order valence-corrected chi connectivity index (χ1v) is 4.97. The third-order valence-electron chi connectivity index (χ3n) is 1.93. The average Bonchev–Trinajstić information content (AvgIpc) is 2.27. The van der Waals surface area contributed by atoms with Gasteiger partial charge in [-0.2, -0.15) is 0 Å². The zero-order valence-corrected chi connectivity index (χ0v) is 8.89. The summed E-state index contributed by atoms with van der Waals surface area (Å²) in [4.78, 5) is 0. The highest BCUT2D eigenvalue weighted by Gasteiger charge is 2.03. The van der Waals surface area contributed by atoms with Crippen molar-refractivity contribution >= 4 is 6.08 Å². The van der Waals surface area contributed by atoms with Gasteiger partial charge in [-0.25, -0.2) is 0 Å². The van der Waals surface area contributed by atoms with Crippen molar-refractivity contribution < 1.29 is 9.84 Å². The molecule has 1 rings (SSSR count). The van der Waals surface area contributed by atoms with Gasteiger partial charge in [0.15, 0.2) is 0 Å². The Morgan fingerprint density at radius 3 is 2.73 bits per heavy atom. The van der Waals surface area contributed by atoms with Crippen LogP contribution in [0.25, 0.3) is 6.08 Å². The van der Waals surface area contributed by atoms with Crippen molar-refractivity contribution in [2.24, 2.45) is 0 Å². The third kappa shape index (κ3) is 4.00. The lowest BCUT2D eigenvalue weighted by atomic mass is 10.2. The van der Waals surface area contributed by atoms with Crippen LogP contribution in [0, 0.1) is 0 Å². The maximum absolute atomic E-state index is 9.60. The molecule has 0 saturated heterocycles. The Kier molecular flexibility index (Phi) is 4.64. The van der Waals surface area contributed by atoms with Crippen LogP contribution in [0.5, 0.6) is 0 Å². The highest BCUT2D eigenvalue weighted by molar-refractivity contribution is 5.49. The zero-order chi connectivity index (χ0) is 11.1. The van der Waals surface area contributed by atoms with E-state index in [1.165, 1.54) is 0 Å². The summed E-state index contributed by atoms with van der Waals surface area (Å²) in [5, 5.41) is 9.60. The first-order chi connectivity index (χ1) is 7.24. The zero-order valence-electron chi connectivity index (χ0n) is 8.89. The summed E-state index contributed by atoms with van der Waals surface area (Å²) in [5.74, 6) is 0.379. The molecular formula is C13H16O2. The second-order valence-corrected chi connectivity index (χ2v) is 3.11. The van der Waals surface area contributed by atoms with E-state index in [0.717, 1.165) is 5.56 Å². The Labute approximate surface area is 90.5 Å². The van der Waals surface area contributed by atoms with Crippen LogP contribution in [0.1, 0.15) is 12.5 Å². The van der Waals surface area contributed by atoms with E-state index in [1.807, 2.05) is 43.3 Å². The molecule has 0 fully saturated rings. The minimum Gasteiger partial charge on any atom is -0.496 e. The fourth-order valence-electron chi connectivity index (χ4n) is 1.14. The van der Waals surface area contributed by atoms with Crippen molar-refractivity contribution in [2.45, 2.75) is 13.0 Å². The lowest BCUT2D eigenvalue weighted by Gasteiger charge is -2.09. The normalized spacial score (nSPS) is 12.7. The Hall–Kier alpha value is -1.54. The van der Waals surface area contributed by atoms with Gasteiger partial charge < -0.3 is 9.84 Å². The fourth-order valence-corrected chi connectivity index (χ4v) is 1.14. The Morgan fingerprint density at radius 1 is 1.47 bits per heavy atom. The number of ether oxygens (including phenoxy) is 1. The lowest BCUT2D eigenvalue weighted by Crippen LogP contribution is -2.08. The summed E-state index contributed by atoms with van der Waals surface area (Å²) in [7, 11) is 0. The standard InChI is InChI=1S/C13H16O2/c1-3-15-11(2)13(14)10-9-12-7-5-4-6-8-12/h4-10,13-14H,2-3H2,1H3. The quantitative estimate of drug-likeness (QED) is 0.747. The summed E-state index contributed by atoms with van der Waals surface area (Å²) in [6, 6.07) is 9.78. The average molecular weight is 204 g/mol. The monoisotopic (exact) mass is 204 g/mol. The first kappa shape index (κ1) is 11.5. The van der Waals surface area contributed by atoms with E-state index in [2.05, 4.69) is 6.58 Å². The van der Waals surface area contributed by atoms with Crippen molar-refractivity contribution in [1.82, 2.24) is 0 Å². The predicted octanol–water partition coefficient (Wildman–Crippen LogP) is 2.61. The molecule has 80 valence electrons. The first-order valence-electron chi connectivity index (χ1n) is 4.97. The molecule has 0 spiro atoms. The smallest absolute Gasteiger partial charge is 0.129 e. The van der Waals surface area contributed by atoms with Crippen LogP contribution in [-0.4, -0.2) is 17.8 Å². The van der Waals surface area contributed by atoms with Gasteiger partial charge in [0.05, 0.1) is 6.61 Å². The number of hydrogen-bond acceptors (Lipinski definition) is 2. The maximum atomic E-state index is 9.60. The number of benzene rings is 1. The summed E-state index contributed by atoms with van der Waals surface area (Å²) in [6.07, 6.45) is 2.76. The number of aliphatic hydroxyl groups excluding tert-OH is 1. The molecule has 0 heterocycles. The minimum absolute atomic E-state index is 0.379. The molecule has 1 N–H and O–H groups in total. The molecule has 1 atom stereocenters. The highest BCUT2D eigenvalue weighted by atomic mass is 16.5. The Balaban J connectivity index is 2.54. The van der Waals surface area contributed by atoms with Crippen LogP contribution in [0.2, 0.25) is 0 Å². The molecule has 0 aliphatic rings. The molecule has 0 aromatic heterocycles. The molecule has 0 aliphatic carbocycles. The van der Waals surface area contributed by atoms with Gasteiger partial charge >= 0.3 is 0 Å². The summed E-state index contributed by atoms with van der Waals surface area (Å²) in [6.45, 7) is 6.02. The topological polar surface area (TPSA) is 29.5 Å². The van der Waals surface area contributed by atoms with Gasteiger partial charge in [-0.1, -0.05) is 43.0 Å². The second kappa shape index (κ2) is 6.04. The van der Waals surface area contributed by atoms with Crippen LogP contribution in [0.4, 0.5) is 0 Å². The van der Waals surface area contributed by atoms with E-state index < -0.39 is 6.10 Å². The molecule has 15 heavy (non-hydrogen) atoms. The molecular weight excluding hydrogens is 188 g/mol. The van der Waals surface area contributed by atoms with Crippen LogP contribution in [-0.2, 0) is 4.74 Å². The molecule has 2 heteroatoms. The van der Waals surface area contributed by atoms with Gasteiger partial charge in [-0.3, -0.25) is 0 Å². The van der Waals surface area contributed by atoms with Gasteiger partial charge in [0.1, 0.15) is 11.9 Å².